The van der Waals surface area contributed by atoms with Crippen molar-refractivity contribution in [2.45, 2.75) is 30.8 Å². The van der Waals surface area contributed by atoms with E-state index >= 15 is 0 Å². The van der Waals surface area contributed by atoms with Gasteiger partial charge in [0, 0.05) is 35.8 Å². The highest BCUT2D eigenvalue weighted by atomic mass is 32.2. The summed E-state index contributed by atoms with van der Waals surface area (Å²) in [6.45, 7) is 4.13. The summed E-state index contributed by atoms with van der Waals surface area (Å²) in [5.41, 5.74) is 2.08. The Hall–Kier alpha value is -1.33. The predicted octanol–water partition coefficient (Wildman–Crippen LogP) is 3.69. The molecule has 0 radical (unpaired) electrons. The second kappa shape index (κ2) is 6.41. The quantitative estimate of drug-likeness (QED) is 0.853. The molecule has 1 N–H and O–H groups in total. The van der Waals surface area contributed by atoms with E-state index in [1.54, 1.807) is 10.7 Å². The third kappa shape index (κ3) is 3.41. The normalized spacial score (nSPS) is 14.2. The van der Waals surface area contributed by atoms with E-state index in [1.165, 1.54) is 11.8 Å². The van der Waals surface area contributed by atoms with E-state index in [0.717, 1.165) is 11.1 Å². The summed E-state index contributed by atoms with van der Waals surface area (Å²) in [5, 5.41) is 7.63. The van der Waals surface area contributed by atoms with Gasteiger partial charge in [-0.15, -0.1) is 11.8 Å². The van der Waals surface area contributed by atoms with Gasteiger partial charge < -0.3 is 5.32 Å². The first-order chi connectivity index (χ1) is 9.51. The smallest absolute Gasteiger partial charge is 0.137 e. The van der Waals surface area contributed by atoms with E-state index in [9.17, 15) is 4.39 Å². The first kappa shape index (κ1) is 15.1. The molecule has 0 aliphatic rings. The van der Waals surface area contributed by atoms with Gasteiger partial charge >= 0.3 is 0 Å². The molecule has 5 heteroatoms. The van der Waals surface area contributed by atoms with Crippen LogP contribution in [0.3, 0.4) is 0 Å². The van der Waals surface area contributed by atoms with Crippen molar-refractivity contribution in [1.82, 2.24) is 15.1 Å². The molecule has 2 atom stereocenters. The number of halogens is 1. The minimum atomic E-state index is -0.155. The van der Waals surface area contributed by atoms with Crippen molar-refractivity contribution in [3.05, 3.63) is 47.5 Å². The third-order valence-electron chi connectivity index (χ3n) is 3.40. The molecule has 0 amide bonds. The molecule has 0 saturated heterocycles. The van der Waals surface area contributed by atoms with Crippen molar-refractivity contribution in [1.29, 1.82) is 0 Å². The predicted molar refractivity (Wildman–Crippen MR) is 81.4 cm³/mol. The Labute approximate surface area is 123 Å². The Morgan fingerprint density at radius 2 is 1.95 bits per heavy atom. The number of nitrogens with one attached hydrogen (secondary N) is 1. The molecular weight excluding hydrogens is 273 g/mol. The summed E-state index contributed by atoms with van der Waals surface area (Å²) in [6, 6.07) is 5.67. The number of rotatable bonds is 5. The molecule has 1 aromatic carbocycles. The van der Waals surface area contributed by atoms with Crippen LogP contribution in [0.5, 0.6) is 0 Å². The molecule has 0 saturated carbocycles. The minimum absolute atomic E-state index is 0.0793. The van der Waals surface area contributed by atoms with Gasteiger partial charge in [-0.1, -0.05) is 6.07 Å². The van der Waals surface area contributed by atoms with Crippen LogP contribution >= 0.6 is 11.8 Å². The minimum Gasteiger partial charge on any atom is -0.304 e. The Morgan fingerprint density at radius 1 is 1.25 bits per heavy atom. The number of aryl methyl sites for hydroxylation is 1. The van der Waals surface area contributed by atoms with Gasteiger partial charge in [0.2, 0.25) is 0 Å². The highest BCUT2D eigenvalue weighted by Crippen LogP contribution is 2.24. The van der Waals surface area contributed by atoms with Gasteiger partial charge in [0.15, 0.2) is 0 Å². The van der Waals surface area contributed by atoms with Crippen molar-refractivity contribution in [3.8, 4) is 0 Å². The maximum atomic E-state index is 13.8. The van der Waals surface area contributed by atoms with Crippen molar-refractivity contribution < 1.29 is 4.39 Å². The lowest BCUT2D eigenvalue weighted by atomic mass is 10.1. The second-order valence-corrected chi connectivity index (χ2v) is 5.80. The standard InChI is InChI=1S/C15H20FN3S/c1-10(12-5-6-15(20-4)14(16)7-12)18-11(2)13-8-17-19(3)9-13/h5-11,18H,1-4H3. The van der Waals surface area contributed by atoms with Crippen LogP contribution in [-0.2, 0) is 7.05 Å². The fourth-order valence-electron chi connectivity index (χ4n) is 2.18. The molecule has 0 bridgehead atoms. The molecule has 108 valence electrons. The number of benzene rings is 1. The van der Waals surface area contributed by atoms with Gasteiger partial charge in [-0.3, -0.25) is 4.68 Å². The van der Waals surface area contributed by atoms with Gasteiger partial charge in [0.25, 0.3) is 0 Å². The topological polar surface area (TPSA) is 29.9 Å². The highest BCUT2D eigenvalue weighted by molar-refractivity contribution is 7.98. The van der Waals surface area contributed by atoms with E-state index in [2.05, 4.69) is 17.3 Å². The van der Waals surface area contributed by atoms with Crippen molar-refractivity contribution in [2.75, 3.05) is 6.26 Å². The third-order valence-corrected chi connectivity index (χ3v) is 4.17. The van der Waals surface area contributed by atoms with Crippen LogP contribution in [0, 0.1) is 5.82 Å². The molecule has 2 rings (SSSR count). The van der Waals surface area contributed by atoms with Crippen molar-refractivity contribution in [3.63, 3.8) is 0 Å². The number of aromatic nitrogens is 2. The first-order valence-corrected chi connectivity index (χ1v) is 7.81. The Kier molecular flexibility index (Phi) is 4.83. The fraction of sp³-hybridized carbons (Fsp3) is 0.400. The van der Waals surface area contributed by atoms with Crippen LogP contribution in [0.2, 0.25) is 0 Å². The lowest BCUT2D eigenvalue weighted by molar-refractivity contribution is 0.490. The molecule has 0 fully saturated rings. The van der Waals surface area contributed by atoms with Gasteiger partial charge in [-0.05, 0) is 37.8 Å². The highest BCUT2D eigenvalue weighted by Gasteiger charge is 2.13. The summed E-state index contributed by atoms with van der Waals surface area (Å²) < 4.78 is 15.6. The lowest BCUT2D eigenvalue weighted by Gasteiger charge is -2.20. The fourth-order valence-corrected chi connectivity index (χ4v) is 2.64. The van der Waals surface area contributed by atoms with Crippen molar-refractivity contribution >= 4 is 11.8 Å². The molecule has 0 spiro atoms. The molecule has 0 aliphatic heterocycles. The van der Waals surface area contributed by atoms with E-state index < -0.39 is 0 Å². The van der Waals surface area contributed by atoms with Crippen LogP contribution in [0.1, 0.15) is 37.1 Å². The van der Waals surface area contributed by atoms with E-state index in [4.69, 9.17) is 0 Å². The number of nitrogens with zero attached hydrogens (tertiary/aromatic N) is 2. The molecule has 1 aromatic heterocycles. The molecule has 0 aliphatic carbocycles. The maximum absolute atomic E-state index is 13.8. The molecule has 2 unspecified atom stereocenters. The molecule has 20 heavy (non-hydrogen) atoms. The number of hydrogen-bond acceptors (Lipinski definition) is 3. The Bertz CT molecular complexity index is 582. The molecule has 2 aromatic rings. The maximum Gasteiger partial charge on any atom is 0.137 e. The van der Waals surface area contributed by atoms with E-state index in [0.29, 0.717) is 4.90 Å². The van der Waals surface area contributed by atoms with Gasteiger partial charge in [0.1, 0.15) is 5.82 Å². The summed E-state index contributed by atoms with van der Waals surface area (Å²) in [7, 11) is 1.90. The van der Waals surface area contributed by atoms with Gasteiger partial charge in [0.05, 0.1) is 6.20 Å². The number of thioether (sulfide) groups is 1. The van der Waals surface area contributed by atoms with Crippen LogP contribution < -0.4 is 5.32 Å². The summed E-state index contributed by atoms with van der Waals surface area (Å²) in [4.78, 5) is 0.682. The van der Waals surface area contributed by atoms with Crippen LogP contribution in [-0.4, -0.2) is 16.0 Å². The number of hydrogen-bond donors (Lipinski definition) is 1. The SMILES string of the molecule is CSc1ccc(C(C)NC(C)c2cnn(C)c2)cc1F. The molecular formula is C15H20FN3S. The van der Waals surface area contributed by atoms with Crippen molar-refractivity contribution in [2.24, 2.45) is 7.05 Å². The van der Waals surface area contributed by atoms with E-state index in [1.807, 2.05) is 44.8 Å². The zero-order valence-electron chi connectivity index (χ0n) is 12.2. The van der Waals surface area contributed by atoms with Crippen LogP contribution in [0.4, 0.5) is 4.39 Å². The average Bonchev–Trinajstić information content (AvgIpc) is 2.85. The average molecular weight is 293 g/mol. The largest absolute Gasteiger partial charge is 0.304 e. The molecule has 1 heterocycles. The Balaban J connectivity index is 2.07. The monoisotopic (exact) mass is 293 g/mol. The zero-order chi connectivity index (χ0) is 14.7. The van der Waals surface area contributed by atoms with Gasteiger partial charge in [-0.25, -0.2) is 4.39 Å². The zero-order valence-corrected chi connectivity index (χ0v) is 13.0. The van der Waals surface area contributed by atoms with Crippen LogP contribution in [0.25, 0.3) is 0 Å². The lowest BCUT2D eigenvalue weighted by Crippen LogP contribution is -2.22. The summed E-state index contributed by atoms with van der Waals surface area (Å²) >= 11 is 1.42. The van der Waals surface area contributed by atoms with E-state index in [-0.39, 0.29) is 17.9 Å². The Morgan fingerprint density at radius 3 is 2.50 bits per heavy atom. The summed E-state index contributed by atoms with van der Waals surface area (Å²) in [5.74, 6) is -0.155. The molecule has 3 nitrogen and oxygen atoms in total. The second-order valence-electron chi connectivity index (χ2n) is 4.95. The van der Waals surface area contributed by atoms with Gasteiger partial charge in [-0.2, -0.15) is 5.10 Å². The summed E-state index contributed by atoms with van der Waals surface area (Å²) in [6.07, 6.45) is 5.72. The first-order valence-electron chi connectivity index (χ1n) is 6.59. The van der Waals surface area contributed by atoms with Crippen LogP contribution in [0.15, 0.2) is 35.5 Å².